The topological polar surface area (TPSA) is 149 Å². The molecule has 0 saturated carbocycles. The van der Waals surface area contributed by atoms with E-state index in [1.807, 2.05) is 25.1 Å². The van der Waals surface area contributed by atoms with Crippen molar-refractivity contribution < 1.29 is 39.8 Å². The largest absolute Gasteiger partial charge is 0.494 e. The van der Waals surface area contributed by atoms with Crippen LogP contribution in [0, 0.1) is 0 Å². The van der Waals surface area contributed by atoms with Crippen molar-refractivity contribution in [3.8, 4) is 5.75 Å². The summed E-state index contributed by atoms with van der Waals surface area (Å²) in [6.07, 6.45) is -5.40. The zero-order valence-corrected chi connectivity index (χ0v) is 20.6. The van der Waals surface area contributed by atoms with Crippen LogP contribution in [0.1, 0.15) is 47.6 Å². The van der Waals surface area contributed by atoms with Crippen LogP contribution in [0.2, 0.25) is 5.02 Å². The van der Waals surface area contributed by atoms with Gasteiger partial charge in [0.05, 0.1) is 13.2 Å². The molecule has 9 nitrogen and oxygen atoms in total. The van der Waals surface area contributed by atoms with Crippen molar-refractivity contribution in [2.24, 2.45) is 0 Å². The molecule has 1 unspecified atom stereocenters. The van der Waals surface area contributed by atoms with Crippen molar-refractivity contribution in [3.05, 3.63) is 63.7 Å². The Balaban J connectivity index is 1.64. The average molecular weight is 522 g/mol. The van der Waals surface area contributed by atoms with Gasteiger partial charge in [-0.2, -0.15) is 0 Å². The Bertz CT molecular complexity index is 1080. The Kier molecular flexibility index (Phi) is 8.52. The summed E-state index contributed by atoms with van der Waals surface area (Å²) in [6.45, 7) is 2.42. The first kappa shape index (κ1) is 26.8. The number of carbonyl (C=O) groups is 1. The SMILES string of the molecule is CCOc1ccc(Cc2cc([C@@H]3O[C@H](CO)[C@@H](O)[C@H](O)[C@H]3O)ccc2Cl)c(C2CN[C@H](C(=O)O)C2)c1. The Morgan fingerprint density at radius 2 is 1.89 bits per heavy atom. The zero-order valence-electron chi connectivity index (χ0n) is 19.9. The van der Waals surface area contributed by atoms with Crippen LogP contribution in [0.4, 0.5) is 0 Å². The number of nitrogens with one attached hydrogen (secondary N) is 1. The molecule has 0 amide bonds. The lowest BCUT2D eigenvalue weighted by molar-refractivity contribution is -0.231. The molecule has 10 heteroatoms. The molecule has 0 spiro atoms. The molecule has 2 aliphatic rings. The molecule has 0 aliphatic carbocycles. The maximum Gasteiger partial charge on any atom is 0.320 e. The van der Waals surface area contributed by atoms with Crippen LogP contribution in [-0.2, 0) is 16.0 Å². The molecule has 2 aromatic rings. The fourth-order valence-electron chi connectivity index (χ4n) is 5.02. The minimum atomic E-state index is -1.48. The molecular weight excluding hydrogens is 490 g/mol. The molecular formula is C26H32ClNO8. The first-order valence-corrected chi connectivity index (χ1v) is 12.4. The maximum absolute atomic E-state index is 11.5. The summed E-state index contributed by atoms with van der Waals surface area (Å²) >= 11 is 6.54. The van der Waals surface area contributed by atoms with Crippen molar-refractivity contribution in [2.45, 2.75) is 62.2 Å². The third-order valence-corrected chi connectivity index (χ3v) is 7.34. The summed E-state index contributed by atoms with van der Waals surface area (Å²) in [7, 11) is 0. The number of hydrogen-bond donors (Lipinski definition) is 6. The quantitative estimate of drug-likeness (QED) is 0.303. The molecule has 36 heavy (non-hydrogen) atoms. The smallest absolute Gasteiger partial charge is 0.320 e. The zero-order chi connectivity index (χ0) is 26.0. The van der Waals surface area contributed by atoms with Gasteiger partial charge in [-0.1, -0.05) is 29.8 Å². The van der Waals surface area contributed by atoms with Crippen LogP contribution < -0.4 is 10.1 Å². The van der Waals surface area contributed by atoms with Crippen molar-refractivity contribution in [1.29, 1.82) is 0 Å². The first-order valence-electron chi connectivity index (χ1n) is 12.0. The molecule has 0 aromatic heterocycles. The van der Waals surface area contributed by atoms with Gasteiger partial charge >= 0.3 is 5.97 Å². The predicted octanol–water partition coefficient (Wildman–Crippen LogP) is 1.37. The van der Waals surface area contributed by atoms with E-state index in [2.05, 4.69) is 5.32 Å². The molecule has 2 fully saturated rings. The van der Waals surface area contributed by atoms with Crippen LogP contribution in [0.5, 0.6) is 5.75 Å². The minimum absolute atomic E-state index is 0.0195. The number of aliphatic carboxylic acids is 1. The second-order valence-corrected chi connectivity index (χ2v) is 9.71. The first-order chi connectivity index (χ1) is 17.2. The second kappa shape index (κ2) is 11.4. The number of halogens is 1. The maximum atomic E-state index is 11.5. The van der Waals surface area contributed by atoms with Crippen LogP contribution >= 0.6 is 11.6 Å². The van der Waals surface area contributed by atoms with E-state index in [0.29, 0.717) is 42.3 Å². The monoisotopic (exact) mass is 521 g/mol. The van der Waals surface area contributed by atoms with E-state index >= 15 is 0 Å². The van der Waals surface area contributed by atoms with Gasteiger partial charge in [-0.25, -0.2) is 0 Å². The second-order valence-electron chi connectivity index (χ2n) is 9.30. The van der Waals surface area contributed by atoms with Gasteiger partial charge in [0.1, 0.15) is 42.3 Å². The van der Waals surface area contributed by atoms with E-state index in [9.17, 15) is 30.3 Å². The van der Waals surface area contributed by atoms with Crippen LogP contribution in [0.3, 0.4) is 0 Å². The van der Waals surface area contributed by atoms with E-state index in [0.717, 1.165) is 16.7 Å². The number of ether oxygens (including phenoxy) is 2. The van der Waals surface area contributed by atoms with Crippen LogP contribution in [-0.4, -0.2) is 81.7 Å². The van der Waals surface area contributed by atoms with Gasteiger partial charge in [0.2, 0.25) is 0 Å². The van der Waals surface area contributed by atoms with E-state index < -0.39 is 49.1 Å². The van der Waals surface area contributed by atoms with Gasteiger partial charge in [0.15, 0.2) is 0 Å². The number of benzene rings is 2. The standard InChI is InChI=1S/C26H32ClNO8/c1-2-35-17-5-3-13(18(10-17)16-9-20(26(33)34)28-11-16)7-15-8-14(4-6-19(15)27)25-24(32)23(31)22(30)21(12-29)36-25/h3-6,8,10,16,20-25,28-32H,2,7,9,11-12H2,1H3,(H,33,34)/t16?,20-,21+,22+,23-,24+,25-/m0/s1. The number of carboxylic acids is 1. The van der Waals surface area contributed by atoms with Crippen LogP contribution in [0.25, 0.3) is 0 Å². The van der Waals surface area contributed by atoms with Crippen molar-refractivity contribution >= 4 is 17.6 Å². The lowest BCUT2D eigenvalue weighted by Crippen LogP contribution is -2.55. The Hall–Kier alpha value is -2.24. The third-order valence-electron chi connectivity index (χ3n) is 6.97. The number of carboxylic acid groups (broad SMARTS) is 1. The molecule has 2 heterocycles. The number of aliphatic hydroxyl groups excluding tert-OH is 4. The Morgan fingerprint density at radius 3 is 2.56 bits per heavy atom. The van der Waals surface area contributed by atoms with E-state index in [1.54, 1.807) is 18.2 Å². The summed E-state index contributed by atoms with van der Waals surface area (Å²) in [6, 6.07) is 10.3. The minimum Gasteiger partial charge on any atom is -0.494 e. The highest BCUT2D eigenvalue weighted by Gasteiger charge is 2.44. The Morgan fingerprint density at radius 1 is 1.11 bits per heavy atom. The van der Waals surface area contributed by atoms with Crippen molar-refractivity contribution in [1.82, 2.24) is 5.32 Å². The van der Waals surface area contributed by atoms with Gasteiger partial charge in [0.25, 0.3) is 0 Å². The third kappa shape index (κ3) is 5.52. The number of aliphatic hydroxyl groups is 4. The summed E-state index contributed by atoms with van der Waals surface area (Å²) in [4.78, 5) is 11.5. The van der Waals surface area contributed by atoms with Gasteiger partial charge in [-0.3, -0.25) is 4.79 Å². The highest BCUT2D eigenvalue weighted by atomic mass is 35.5. The number of hydrogen-bond acceptors (Lipinski definition) is 8. The van der Waals surface area contributed by atoms with E-state index in [-0.39, 0.29) is 5.92 Å². The molecule has 2 aliphatic heterocycles. The average Bonchev–Trinajstić information content (AvgIpc) is 3.36. The van der Waals surface area contributed by atoms with Gasteiger partial charge in [0, 0.05) is 11.6 Å². The summed E-state index contributed by atoms with van der Waals surface area (Å²) in [5.74, 6) is -0.194. The molecule has 2 saturated heterocycles. The summed E-state index contributed by atoms with van der Waals surface area (Å²) in [5.41, 5.74) is 3.24. The fourth-order valence-corrected chi connectivity index (χ4v) is 5.21. The summed E-state index contributed by atoms with van der Waals surface area (Å²) in [5, 5.41) is 53.3. The molecule has 0 bridgehead atoms. The molecule has 4 rings (SSSR count). The Labute approximate surface area is 214 Å². The van der Waals surface area contributed by atoms with Crippen molar-refractivity contribution in [3.63, 3.8) is 0 Å². The highest BCUT2D eigenvalue weighted by Crippen LogP contribution is 2.36. The van der Waals surface area contributed by atoms with Gasteiger partial charge < -0.3 is 40.3 Å². The molecule has 6 N–H and O–H groups in total. The lowest BCUT2D eigenvalue weighted by Gasteiger charge is -2.40. The van der Waals surface area contributed by atoms with E-state index in [4.69, 9.17) is 21.1 Å². The van der Waals surface area contributed by atoms with E-state index in [1.165, 1.54) is 0 Å². The molecule has 2 aromatic carbocycles. The van der Waals surface area contributed by atoms with Gasteiger partial charge in [-0.05, 0) is 66.1 Å². The van der Waals surface area contributed by atoms with Crippen molar-refractivity contribution in [2.75, 3.05) is 19.8 Å². The molecule has 0 radical (unpaired) electrons. The molecule has 7 atom stereocenters. The summed E-state index contributed by atoms with van der Waals surface area (Å²) < 4.78 is 11.4. The number of rotatable bonds is 8. The fraction of sp³-hybridized carbons (Fsp3) is 0.500. The molecule has 196 valence electrons. The predicted molar refractivity (Wildman–Crippen MR) is 131 cm³/mol. The lowest BCUT2D eigenvalue weighted by atomic mass is 9.87. The highest BCUT2D eigenvalue weighted by molar-refractivity contribution is 6.31. The normalized spacial score (nSPS) is 30.3. The van der Waals surface area contributed by atoms with Crippen LogP contribution in [0.15, 0.2) is 36.4 Å². The van der Waals surface area contributed by atoms with Gasteiger partial charge in [-0.15, -0.1) is 0 Å².